The van der Waals surface area contributed by atoms with E-state index in [9.17, 15) is 4.79 Å². The molecular weight excluding hydrogens is 284 g/mol. The van der Waals surface area contributed by atoms with Gasteiger partial charge in [-0.05, 0) is 24.1 Å². The fourth-order valence-corrected chi connectivity index (χ4v) is 3.12. The van der Waals surface area contributed by atoms with Crippen molar-refractivity contribution < 1.29 is 9.53 Å². The minimum atomic E-state index is -0.244. The van der Waals surface area contributed by atoms with Gasteiger partial charge in [0.1, 0.15) is 0 Å². The zero-order valence-electron chi connectivity index (χ0n) is 12.0. The Kier molecular flexibility index (Phi) is 3.75. The minimum absolute atomic E-state index is 0.244. The predicted molar refractivity (Wildman–Crippen MR) is 84.6 cm³/mol. The Balaban J connectivity index is 2.01. The normalized spacial score (nSPS) is 11.0. The number of thiophene rings is 1. The van der Waals surface area contributed by atoms with Crippen LogP contribution in [-0.2, 0) is 11.8 Å². The molecule has 108 valence electrons. The zero-order valence-corrected chi connectivity index (χ0v) is 12.8. The highest BCUT2D eigenvalue weighted by atomic mass is 32.1. The first-order valence-corrected chi connectivity index (χ1v) is 7.74. The van der Waals surface area contributed by atoms with Crippen LogP contribution in [0.15, 0.2) is 36.0 Å². The number of hydrogen-bond donors (Lipinski definition) is 0. The fraction of sp³-hybridized carbons (Fsp3) is 0.250. The monoisotopic (exact) mass is 300 g/mol. The number of nitrogens with zero attached hydrogens (tertiary/aromatic N) is 2. The van der Waals surface area contributed by atoms with E-state index < -0.39 is 0 Å². The highest BCUT2D eigenvalue weighted by molar-refractivity contribution is 7.17. The first-order chi connectivity index (χ1) is 10.2. The molecule has 0 bridgehead atoms. The van der Waals surface area contributed by atoms with Gasteiger partial charge in [-0.25, -0.2) is 4.79 Å². The van der Waals surface area contributed by atoms with E-state index in [2.05, 4.69) is 11.2 Å². The van der Waals surface area contributed by atoms with Gasteiger partial charge < -0.3 is 4.74 Å². The maximum Gasteiger partial charge on any atom is 0.339 e. The van der Waals surface area contributed by atoms with Gasteiger partial charge in [0.15, 0.2) is 0 Å². The van der Waals surface area contributed by atoms with E-state index in [1.807, 2.05) is 43.9 Å². The molecule has 0 radical (unpaired) electrons. The number of hydrogen-bond acceptors (Lipinski definition) is 4. The first-order valence-electron chi connectivity index (χ1n) is 6.86. The molecular formula is C16H16N2O2S. The van der Waals surface area contributed by atoms with E-state index in [0.29, 0.717) is 12.2 Å². The van der Waals surface area contributed by atoms with E-state index in [1.165, 1.54) is 0 Å². The summed E-state index contributed by atoms with van der Waals surface area (Å²) in [5, 5.41) is 7.00. The van der Waals surface area contributed by atoms with Crippen LogP contribution in [0.1, 0.15) is 23.7 Å². The van der Waals surface area contributed by atoms with Gasteiger partial charge in [0.2, 0.25) is 0 Å². The van der Waals surface area contributed by atoms with Crippen molar-refractivity contribution >= 4 is 27.4 Å². The molecule has 21 heavy (non-hydrogen) atoms. The third-order valence-corrected chi connectivity index (χ3v) is 4.23. The van der Waals surface area contributed by atoms with Crippen molar-refractivity contribution in [2.24, 2.45) is 7.05 Å². The SMILES string of the molecule is CCCOC(=O)c1csc2ccc(-c3cnn(C)c3)cc12. The molecule has 0 amide bonds. The molecule has 0 unspecified atom stereocenters. The molecule has 0 saturated carbocycles. The molecule has 3 aromatic rings. The van der Waals surface area contributed by atoms with Crippen LogP contribution in [-0.4, -0.2) is 22.4 Å². The van der Waals surface area contributed by atoms with Crippen LogP contribution in [0.2, 0.25) is 0 Å². The largest absolute Gasteiger partial charge is 0.462 e. The van der Waals surface area contributed by atoms with Crippen molar-refractivity contribution in [2.75, 3.05) is 6.61 Å². The summed E-state index contributed by atoms with van der Waals surface area (Å²) in [6.07, 6.45) is 4.61. The van der Waals surface area contributed by atoms with Gasteiger partial charge in [-0.3, -0.25) is 4.68 Å². The first kappa shape index (κ1) is 13.8. The molecule has 0 aliphatic rings. The lowest BCUT2D eigenvalue weighted by Crippen LogP contribution is -2.04. The summed E-state index contributed by atoms with van der Waals surface area (Å²) in [7, 11) is 1.89. The molecule has 0 fully saturated rings. The maximum absolute atomic E-state index is 12.1. The zero-order chi connectivity index (χ0) is 14.8. The van der Waals surface area contributed by atoms with Gasteiger partial charge in [0, 0.05) is 34.3 Å². The molecule has 0 N–H and O–H groups in total. The van der Waals surface area contributed by atoms with Gasteiger partial charge in [-0.1, -0.05) is 13.0 Å². The smallest absolute Gasteiger partial charge is 0.339 e. The summed E-state index contributed by atoms with van der Waals surface area (Å²) in [6, 6.07) is 6.13. The van der Waals surface area contributed by atoms with Gasteiger partial charge in [0.25, 0.3) is 0 Å². The highest BCUT2D eigenvalue weighted by Gasteiger charge is 2.14. The topological polar surface area (TPSA) is 44.1 Å². The number of benzene rings is 1. The number of carbonyl (C=O) groups is 1. The highest BCUT2D eigenvalue weighted by Crippen LogP contribution is 2.31. The third kappa shape index (κ3) is 2.69. The Bertz CT molecular complexity index is 789. The number of carbonyl (C=O) groups excluding carboxylic acids is 1. The Hall–Kier alpha value is -2.14. The Morgan fingerprint density at radius 2 is 2.24 bits per heavy atom. The van der Waals surface area contributed by atoms with Crippen LogP contribution in [0.3, 0.4) is 0 Å². The summed E-state index contributed by atoms with van der Waals surface area (Å²) in [5.74, 6) is -0.244. The van der Waals surface area contributed by atoms with Crippen molar-refractivity contribution in [1.82, 2.24) is 9.78 Å². The van der Waals surface area contributed by atoms with Crippen LogP contribution in [0.5, 0.6) is 0 Å². The van der Waals surface area contributed by atoms with Gasteiger partial charge in [0.05, 0.1) is 18.4 Å². The molecule has 2 aromatic heterocycles. The van der Waals surface area contributed by atoms with E-state index in [1.54, 1.807) is 16.0 Å². The molecule has 1 aromatic carbocycles. The molecule has 5 heteroatoms. The van der Waals surface area contributed by atoms with Crippen molar-refractivity contribution in [3.05, 3.63) is 41.5 Å². The van der Waals surface area contributed by atoms with Crippen LogP contribution in [0.4, 0.5) is 0 Å². The molecule has 0 atom stereocenters. The number of rotatable bonds is 4. The van der Waals surface area contributed by atoms with E-state index in [4.69, 9.17) is 4.74 Å². The van der Waals surface area contributed by atoms with E-state index >= 15 is 0 Å². The van der Waals surface area contributed by atoms with Gasteiger partial charge >= 0.3 is 5.97 Å². The summed E-state index contributed by atoms with van der Waals surface area (Å²) in [4.78, 5) is 12.1. The average Bonchev–Trinajstić information content (AvgIpc) is 3.10. The lowest BCUT2D eigenvalue weighted by atomic mass is 10.1. The van der Waals surface area contributed by atoms with Crippen LogP contribution >= 0.6 is 11.3 Å². The Labute approximate surface area is 127 Å². The maximum atomic E-state index is 12.1. The van der Waals surface area contributed by atoms with Crippen molar-refractivity contribution in [3.8, 4) is 11.1 Å². The number of fused-ring (bicyclic) bond motifs is 1. The summed E-state index contributed by atoms with van der Waals surface area (Å²) in [6.45, 7) is 2.44. The minimum Gasteiger partial charge on any atom is -0.462 e. The molecule has 0 aliphatic heterocycles. The Morgan fingerprint density at radius 1 is 1.38 bits per heavy atom. The van der Waals surface area contributed by atoms with Crippen molar-refractivity contribution in [3.63, 3.8) is 0 Å². The van der Waals surface area contributed by atoms with Crippen LogP contribution in [0.25, 0.3) is 21.2 Å². The van der Waals surface area contributed by atoms with Crippen molar-refractivity contribution in [2.45, 2.75) is 13.3 Å². The number of aromatic nitrogens is 2. The van der Waals surface area contributed by atoms with E-state index in [0.717, 1.165) is 27.6 Å². The van der Waals surface area contributed by atoms with E-state index in [-0.39, 0.29) is 5.97 Å². The number of aryl methyl sites for hydroxylation is 1. The Morgan fingerprint density at radius 3 is 2.95 bits per heavy atom. The summed E-state index contributed by atoms with van der Waals surface area (Å²) in [5.41, 5.74) is 2.74. The molecule has 0 aliphatic carbocycles. The molecule has 0 saturated heterocycles. The third-order valence-electron chi connectivity index (χ3n) is 3.27. The standard InChI is InChI=1S/C16H16N2O2S/c1-3-6-20-16(19)14-10-21-15-5-4-11(7-13(14)15)12-8-17-18(2)9-12/h4-5,7-10H,3,6H2,1-2H3. The second kappa shape index (κ2) is 5.69. The predicted octanol–water partition coefficient (Wildman–Crippen LogP) is 3.87. The van der Waals surface area contributed by atoms with Gasteiger partial charge in [-0.2, -0.15) is 5.10 Å². The van der Waals surface area contributed by atoms with Gasteiger partial charge in [-0.15, -0.1) is 11.3 Å². The quantitative estimate of drug-likeness (QED) is 0.687. The lowest BCUT2D eigenvalue weighted by molar-refractivity contribution is 0.0508. The second-order valence-electron chi connectivity index (χ2n) is 4.90. The molecule has 4 nitrogen and oxygen atoms in total. The molecule has 0 spiro atoms. The fourth-order valence-electron chi connectivity index (χ4n) is 2.21. The van der Waals surface area contributed by atoms with Crippen molar-refractivity contribution in [1.29, 1.82) is 0 Å². The lowest BCUT2D eigenvalue weighted by Gasteiger charge is -2.03. The second-order valence-corrected chi connectivity index (χ2v) is 5.81. The van der Waals surface area contributed by atoms with Crippen LogP contribution in [0, 0.1) is 0 Å². The number of ether oxygens (including phenoxy) is 1. The average molecular weight is 300 g/mol. The summed E-state index contributed by atoms with van der Waals surface area (Å²) < 4.78 is 8.10. The molecule has 3 rings (SSSR count). The van der Waals surface area contributed by atoms with Crippen LogP contribution < -0.4 is 0 Å². The number of esters is 1. The molecule has 2 heterocycles. The summed E-state index contributed by atoms with van der Waals surface area (Å²) >= 11 is 1.56.